The molecule has 0 bridgehead atoms. The number of rotatable bonds is 2. The van der Waals surface area contributed by atoms with Gasteiger partial charge in [-0.05, 0) is 36.4 Å². The van der Waals surface area contributed by atoms with Gasteiger partial charge in [-0.2, -0.15) is 13.2 Å². The maximum atomic E-state index is 12.6. The molecule has 0 saturated carbocycles. The Balaban J connectivity index is 0.000000254. The molecule has 128 valence electrons. The van der Waals surface area contributed by atoms with Gasteiger partial charge in [-0.1, -0.05) is 6.07 Å². The molecule has 0 radical (unpaired) electrons. The van der Waals surface area contributed by atoms with Gasteiger partial charge in [0.2, 0.25) is 0 Å². The minimum absolute atomic E-state index is 0.0278. The van der Waals surface area contributed by atoms with Crippen molar-refractivity contribution in [3.8, 4) is 0 Å². The largest absolute Gasteiger partial charge is 0.478 e. The van der Waals surface area contributed by atoms with Crippen molar-refractivity contribution < 1.29 is 41.8 Å². The average Bonchev–Trinajstić information content (AvgIpc) is 2.46. The molecule has 0 unspecified atom stereocenters. The van der Waals surface area contributed by atoms with Crippen molar-refractivity contribution in [2.75, 3.05) is 0 Å². The van der Waals surface area contributed by atoms with Gasteiger partial charge in [0.05, 0.1) is 16.7 Å². The van der Waals surface area contributed by atoms with Gasteiger partial charge in [0, 0.05) is 0 Å². The van der Waals surface area contributed by atoms with Gasteiger partial charge < -0.3 is 10.2 Å². The fraction of sp³-hybridized carbons (Fsp3) is 0.0667. The number of halogens is 5. The molecule has 24 heavy (non-hydrogen) atoms. The molecule has 0 aromatic heterocycles. The summed E-state index contributed by atoms with van der Waals surface area (Å²) in [6.45, 7) is 0. The number of carbonyl (C=O) groups is 2. The van der Waals surface area contributed by atoms with Crippen molar-refractivity contribution in [2.45, 2.75) is 6.18 Å². The molecule has 2 aromatic rings. The summed E-state index contributed by atoms with van der Waals surface area (Å²) >= 11 is 0. The maximum Gasteiger partial charge on any atom is 0.416 e. The number of hydrogen-bond acceptors (Lipinski definition) is 2. The number of alkyl halides is 3. The Morgan fingerprint density at radius 1 is 0.792 bits per heavy atom. The lowest BCUT2D eigenvalue weighted by atomic mass is 10.1. The van der Waals surface area contributed by atoms with E-state index < -0.39 is 40.9 Å². The van der Waals surface area contributed by atoms with E-state index in [1.807, 2.05) is 0 Å². The number of hydrogen-bond donors (Lipinski definition) is 2. The van der Waals surface area contributed by atoms with Gasteiger partial charge in [0.1, 0.15) is 11.6 Å². The summed E-state index contributed by atoms with van der Waals surface area (Å²) in [5.41, 5.74) is -2.06. The zero-order chi connectivity index (χ0) is 18.5. The second-order valence-corrected chi connectivity index (χ2v) is 4.35. The minimum atomic E-state index is -4.74. The molecule has 9 heteroatoms. The van der Waals surface area contributed by atoms with Crippen LogP contribution < -0.4 is 0 Å². The Morgan fingerprint density at radius 2 is 1.33 bits per heavy atom. The van der Waals surface area contributed by atoms with Crippen LogP contribution in [0.4, 0.5) is 22.0 Å². The first-order chi connectivity index (χ1) is 11.0. The van der Waals surface area contributed by atoms with Gasteiger partial charge >= 0.3 is 18.1 Å². The first kappa shape index (κ1) is 19.1. The van der Waals surface area contributed by atoms with Crippen LogP contribution in [0.3, 0.4) is 0 Å². The Morgan fingerprint density at radius 3 is 1.75 bits per heavy atom. The highest BCUT2D eigenvalue weighted by Gasteiger charge is 2.31. The van der Waals surface area contributed by atoms with E-state index in [-0.39, 0.29) is 11.6 Å². The lowest BCUT2D eigenvalue weighted by Gasteiger charge is -2.07. The Kier molecular flexibility index (Phi) is 5.99. The Hall–Kier alpha value is -2.97. The molecule has 0 fully saturated rings. The van der Waals surface area contributed by atoms with Gasteiger partial charge in [0.25, 0.3) is 0 Å². The highest BCUT2D eigenvalue weighted by atomic mass is 19.4. The van der Waals surface area contributed by atoms with E-state index in [4.69, 9.17) is 10.2 Å². The van der Waals surface area contributed by atoms with E-state index in [1.54, 1.807) is 0 Å². The zero-order valence-corrected chi connectivity index (χ0v) is 11.6. The van der Waals surface area contributed by atoms with Crippen molar-refractivity contribution in [3.05, 3.63) is 70.8 Å². The predicted octanol–water partition coefficient (Wildman–Crippen LogP) is 4.07. The summed E-state index contributed by atoms with van der Waals surface area (Å²) in [5, 5.41) is 16.7. The van der Waals surface area contributed by atoms with Crippen molar-refractivity contribution in [1.82, 2.24) is 0 Å². The van der Waals surface area contributed by atoms with Gasteiger partial charge in [-0.25, -0.2) is 18.4 Å². The Bertz CT molecular complexity index is 756. The fourth-order valence-electron chi connectivity index (χ4n) is 1.50. The highest BCUT2D eigenvalue weighted by Crippen LogP contribution is 2.30. The van der Waals surface area contributed by atoms with Crippen LogP contribution in [0.5, 0.6) is 0 Å². The highest BCUT2D eigenvalue weighted by molar-refractivity contribution is 5.88. The second-order valence-electron chi connectivity index (χ2n) is 4.35. The average molecular weight is 348 g/mol. The molecule has 0 aliphatic carbocycles. The van der Waals surface area contributed by atoms with Crippen LogP contribution in [0.15, 0.2) is 42.5 Å². The molecule has 0 amide bonds. The first-order valence-electron chi connectivity index (χ1n) is 6.10. The van der Waals surface area contributed by atoms with E-state index >= 15 is 0 Å². The molecule has 2 rings (SSSR count). The van der Waals surface area contributed by atoms with Crippen LogP contribution in [-0.4, -0.2) is 22.2 Å². The molecular weight excluding hydrogens is 339 g/mol. The third kappa shape index (κ3) is 5.67. The van der Waals surface area contributed by atoms with Gasteiger partial charge in [0.15, 0.2) is 0 Å². The van der Waals surface area contributed by atoms with Crippen LogP contribution in [0.2, 0.25) is 0 Å². The van der Waals surface area contributed by atoms with Crippen LogP contribution in [0.25, 0.3) is 0 Å². The normalized spacial score (nSPS) is 10.5. The molecule has 0 aliphatic heterocycles. The van der Waals surface area contributed by atoms with Crippen molar-refractivity contribution in [3.63, 3.8) is 0 Å². The van der Waals surface area contributed by atoms with Crippen LogP contribution in [0.1, 0.15) is 26.3 Å². The third-order valence-corrected chi connectivity index (χ3v) is 2.54. The van der Waals surface area contributed by atoms with Crippen LogP contribution in [-0.2, 0) is 6.18 Å². The third-order valence-electron chi connectivity index (χ3n) is 2.54. The second kappa shape index (κ2) is 7.53. The summed E-state index contributed by atoms with van der Waals surface area (Å²) in [4.78, 5) is 20.5. The van der Waals surface area contributed by atoms with E-state index in [9.17, 15) is 31.5 Å². The molecule has 2 aromatic carbocycles. The zero-order valence-electron chi connectivity index (χ0n) is 11.6. The maximum absolute atomic E-state index is 12.6. The summed E-state index contributed by atoms with van der Waals surface area (Å²) in [6.07, 6.45) is -4.74. The van der Waals surface area contributed by atoms with Crippen molar-refractivity contribution in [1.29, 1.82) is 0 Å². The van der Waals surface area contributed by atoms with Crippen molar-refractivity contribution >= 4 is 11.9 Å². The van der Waals surface area contributed by atoms with Gasteiger partial charge in [-0.3, -0.25) is 0 Å². The van der Waals surface area contributed by atoms with Crippen molar-refractivity contribution in [2.24, 2.45) is 0 Å². The molecule has 0 spiro atoms. The standard InChI is InChI=1S/C8H4F4O2.C7H5FO2/c9-6-2-4(7(13)14)1-5(3-6)8(10,11)12;8-6-3-1-2-5(4-6)7(9)10/h1-3H,(H,13,14);1-4H,(H,9,10). The molecule has 0 aliphatic rings. The topological polar surface area (TPSA) is 74.6 Å². The number of aromatic carboxylic acids is 2. The molecule has 2 N–H and O–H groups in total. The summed E-state index contributed by atoms with van der Waals surface area (Å²) < 4.78 is 61.0. The Labute approximate surface area is 131 Å². The smallest absolute Gasteiger partial charge is 0.416 e. The summed E-state index contributed by atoms with van der Waals surface area (Å²) in [6, 6.07) is 6.02. The van der Waals surface area contributed by atoms with Crippen LogP contribution in [0, 0.1) is 11.6 Å². The lowest BCUT2D eigenvalue weighted by molar-refractivity contribution is -0.137. The summed E-state index contributed by atoms with van der Waals surface area (Å²) in [7, 11) is 0. The molecular formula is C15H9F5O4. The molecule has 0 saturated heterocycles. The quantitative estimate of drug-likeness (QED) is 0.803. The number of carboxylic acid groups (broad SMARTS) is 2. The van der Waals surface area contributed by atoms with E-state index in [0.29, 0.717) is 12.1 Å². The lowest BCUT2D eigenvalue weighted by Crippen LogP contribution is -2.08. The molecule has 0 atom stereocenters. The van der Waals surface area contributed by atoms with Crippen LogP contribution >= 0.6 is 0 Å². The molecule has 0 heterocycles. The number of benzene rings is 2. The molecule has 4 nitrogen and oxygen atoms in total. The van der Waals surface area contributed by atoms with E-state index in [2.05, 4.69) is 0 Å². The SMILES string of the molecule is O=C(O)c1cc(F)cc(C(F)(F)F)c1.O=C(O)c1cccc(F)c1. The monoisotopic (exact) mass is 348 g/mol. The van der Waals surface area contributed by atoms with E-state index in [0.717, 1.165) is 6.07 Å². The fourth-order valence-corrected chi connectivity index (χ4v) is 1.50. The van der Waals surface area contributed by atoms with E-state index in [1.165, 1.54) is 18.2 Å². The first-order valence-corrected chi connectivity index (χ1v) is 6.10. The predicted molar refractivity (Wildman–Crippen MR) is 71.7 cm³/mol. The number of carboxylic acids is 2. The van der Waals surface area contributed by atoms with Gasteiger partial charge in [-0.15, -0.1) is 0 Å². The summed E-state index contributed by atoms with van der Waals surface area (Å²) in [5.74, 6) is -4.47. The minimum Gasteiger partial charge on any atom is -0.478 e.